The molecule has 0 atom stereocenters. The molecule has 1 heterocycles. The van der Waals surface area contributed by atoms with E-state index in [1.165, 1.54) is 5.56 Å². The fourth-order valence-electron chi connectivity index (χ4n) is 1.94. The highest BCUT2D eigenvalue weighted by Gasteiger charge is 2.09. The molecule has 2 N–H and O–H groups in total. The zero-order valence-corrected chi connectivity index (χ0v) is 11.6. The van der Waals surface area contributed by atoms with Gasteiger partial charge < -0.3 is 15.4 Å². The summed E-state index contributed by atoms with van der Waals surface area (Å²) in [6.45, 7) is 2.74. The van der Waals surface area contributed by atoms with Crippen LogP contribution in [0.5, 0.6) is 5.75 Å². The molecular formula is C15H19N3O. The lowest BCUT2D eigenvalue weighted by Gasteiger charge is -2.20. The zero-order chi connectivity index (χ0) is 13.8. The Kier molecular flexibility index (Phi) is 3.90. The molecule has 0 saturated heterocycles. The van der Waals surface area contributed by atoms with E-state index in [0.29, 0.717) is 0 Å². The van der Waals surface area contributed by atoms with Gasteiger partial charge >= 0.3 is 0 Å². The first-order chi connectivity index (χ1) is 9.11. The van der Waals surface area contributed by atoms with E-state index >= 15 is 0 Å². The Morgan fingerprint density at radius 2 is 1.89 bits per heavy atom. The summed E-state index contributed by atoms with van der Waals surface area (Å²) in [6, 6.07) is 9.91. The van der Waals surface area contributed by atoms with Crippen LogP contribution in [-0.2, 0) is 6.54 Å². The minimum atomic E-state index is 0.735. The Morgan fingerprint density at radius 1 is 1.21 bits per heavy atom. The third kappa shape index (κ3) is 2.96. The van der Waals surface area contributed by atoms with Crippen LogP contribution in [0.4, 0.5) is 11.5 Å². The van der Waals surface area contributed by atoms with Crippen LogP contribution in [-0.4, -0.2) is 19.1 Å². The Hall–Kier alpha value is -2.23. The van der Waals surface area contributed by atoms with Crippen LogP contribution >= 0.6 is 0 Å². The van der Waals surface area contributed by atoms with Gasteiger partial charge in [-0.1, -0.05) is 12.1 Å². The summed E-state index contributed by atoms with van der Waals surface area (Å²) in [6.07, 6.45) is 1.78. The summed E-state index contributed by atoms with van der Waals surface area (Å²) < 4.78 is 5.15. The minimum Gasteiger partial charge on any atom is -0.497 e. The molecule has 19 heavy (non-hydrogen) atoms. The van der Waals surface area contributed by atoms with Gasteiger partial charge in [-0.3, -0.25) is 0 Å². The van der Waals surface area contributed by atoms with Gasteiger partial charge in [-0.05, 0) is 36.2 Å². The number of nitrogens with zero attached hydrogens (tertiary/aromatic N) is 2. The molecule has 2 rings (SSSR count). The van der Waals surface area contributed by atoms with Crippen molar-refractivity contribution in [1.82, 2.24) is 4.98 Å². The standard InChI is InChI=1S/C15H19N3O/c1-11-8-9-17-15(14(11)16)18(2)10-12-4-6-13(19-3)7-5-12/h4-9H,10,16H2,1-3H3. The van der Waals surface area contributed by atoms with E-state index in [9.17, 15) is 0 Å². The number of nitrogen functional groups attached to an aromatic ring is 1. The van der Waals surface area contributed by atoms with Crippen molar-refractivity contribution in [2.24, 2.45) is 0 Å². The van der Waals surface area contributed by atoms with Gasteiger partial charge in [0.1, 0.15) is 5.75 Å². The molecular weight excluding hydrogens is 238 g/mol. The van der Waals surface area contributed by atoms with E-state index in [2.05, 4.69) is 4.98 Å². The first-order valence-electron chi connectivity index (χ1n) is 6.17. The SMILES string of the molecule is COc1ccc(CN(C)c2nccc(C)c2N)cc1. The lowest BCUT2D eigenvalue weighted by atomic mass is 10.2. The van der Waals surface area contributed by atoms with Crippen LogP contribution < -0.4 is 15.4 Å². The molecule has 0 aliphatic carbocycles. The Bertz CT molecular complexity index is 552. The molecule has 0 radical (unpaired) electrons. The molecule has 0 spiro atoms. The summed E-state index contributed by atoms with van der Waals surface area (Å²) in [7, 11) is 3.65. The molecule has 4 heteroatoms. The molecule has 1 aromatic carbocycles. The summed E-state index contributed by atoms with van der Waals surface area (Å²) >= 11 is 0. The number of ether oxygens (including phenoxy) is 1. The molecule has 100 valence electrons. The van der Waals surface area contributed by atoms with Gasteiger partial charge in [-0.25, -0.2) is 4.98 Å². The highest BCUT2D eigenvalue weighted by atomic mass is 16.5. The molecule has 2 aromatic rings. The second-order valence-electron chi connectivity index (χ2n) is 4.57. The highest BCUT2D eigenvalue weighted by Crippen LogP contribution is 2.23. The Balaban J connectivity index is 2.15. The first kappa shape index (κ1) is 13.2. The maximum Gasteiger partial charge on any atom is 0.152 e. The smallest absolute Gasteiger partial charge is 0.152 e. The number of aromatic nitrogens is 1. The molecule has 0 bridgehead atoms. The molecule has 4 nitrogen and oxygen atoms in total. The average Bonchev–Trinajstić information content (AvgIpc) is 2.42. The van der Waals surface area contributed by atoms with Crippen LogP contribution in [0, 0.1) is 6.92 Å². The average molecular weight is 257 g/mol. The monoisotopic (exact) mass is 257 g/mol. The molecule has 0 saturated carbocycles. The number of aryl methyl sites for hydroxylation is 1. The topological polar surface area (TPSA) is 51.4 Å². The summed E-state index contributed by atoms with van der Waals surface area (Å²) in [4.78, 5) is 6.39. The lowest BCUT2D eigenvalue weighted by Crippen LogP contribution is -2.19. The largest absolute Gasteiger partial charge is 0.497 e. The van der Waals surface area contributed by atoms with Crippen LogP contribution in [0.1, 0.15) is 11.1 Å². The van der Waals surface area contributed by atoms with Gasteiger partial charge in [0.2, 0.25) is 0 Å². The van der Waals surface area contributed by atoms with Crippen LogP contribution in [0.15, 0.2) is 36.5 Å². The third-order valence-corrected chi connectivity index (χ3v) is 3.13. The zero-order valence-electron chi connectivity index (χ0n) is 11.6. The Labute approximate surface area is 113 Å². The van der Waals surface area contributed by atoms with Crippen molar-refractivity contribution >= 4 is 11.5 Å². The quantitative estimate of drug-likeness (QED) is 0.914. The van der Waals surface area contributed by atoms with Crippen LogP contribution in [0.2, 0.25) is 0 Å². The highest BCUT2D eigenvalue weighted by molar-refractivity contribution is 5.66. The number of pyridine rings is 1. The number of hydrogen-bond acceptors (Lipinski definition) is 4. The maximum absolute atomic E-state index is 6.06. The maximum atomic E-state index is 6.06. The fourth-order valence-corrected chi connectivity index (χ4v) is 1.94. The fraction of sp³-hybridized carbons (Fsp3) is 0.267. The van der Waals surface area contributed by atoms with Crippen molar-refractivity contribution in [2.75, 3.05) is 24.8 Å². The molecule has 1 aromatic heterocycles. The first-order valence-corrected chi connectivity index (χ1v) is 6.17. The number of methoxy groups -OCH3 is 1. The third-order valence-electron chi connectivity index (χ3n) is 3.13. The van der Waals surface area contributed by atoms with Crippen LogP contribution in [0.3, 0.4) is 0 Å². The van der Waals surface area contributed by atoms with E-state index in [0.717, 1.165) is 29.4 Å². The summed E-state index contributed by atoms with van der Waals surface area (Å²) in [5, 5.41) is 0. The van der Waals surface area contributed by atoms with Crippen molar-refractivity contribution in [3.05, 3.63) is 47.7 Å². The minimum absolute atomic E-state index is 0.735. The predicted octanol–water partition coefficient (Wildman–Crippen LogP) is 2.62. The predicted molar refractivity (Wildman–Crippen MR) is 78.5 cm³/mol. The molecule has 0 aliphatic rings. The Morgan fingerprint density at radius 3 is 2.53 bits per heavy atom. The number of nitrogens with two attached hydrogens (primary N) is 1. The second kappa shape index (κ2) is 5.61. The van der Waals surface area contributed by atoms with Crippen LogP contribution in [0.25, 0.3) is 0 Å². The van der Waals surface area contributed by atoms with E-state index < -0.39 is 0 Å². The van der Waals surface area contributed by atoms with Gasteiger partial charge in [0, 0.05) is 19.8 Å². The lowest BCUT2D eigenvalue weighted by molar-refractivity contribution is 0.414. The normalized spacial score (nSPS) is 10.3. The molecule has 0 unspecified atom stereocenters. The number of rotatable bonds is 4. The van der Waals surface area contributed by atoms with Gasteiger partial charge in [-0.2, -0.15) is 0 Å². The van der Waals surface area contributed by atoms with E-state index in [-0.39, 0.29) is 0 Å². The number of hydrogen-bond donors (Lipinski definition) is 1. The summed E-state index contributed by atoms with van der Waals surface area (Å²) in [5.41, 5.74) is 9.03. The molecule has 0 fully saturated rings. The van der Waals surface area contributed by atoms with Crippen molar-refractivity contribution in [3.63, 3.8) is 0 Å². The van der Waals surface area contributed by atoms with E-state index in [4.69, 9.17) is 10.5 Å². The van der Waals surface area contributed by atoms with Gasteiger partial charge in [0.05, 0.1) is 12.8 Å². The summed E-state index contributed by atoms with van der Waals surface area (Å²) in [5.74, 6) is 1.68. The van der Waals surface area contributed by atoms with Gasteiger partial charge in [0.25, 0.3) is 0 Å². The van der Waals surface area contributed by atoms with Crippen molar-refractivity contribution in [3.8, 4) is 5.75 Å². The number of anilines is 2. The second-order valence-corrected chi connectivity index (χ2v) is 4.57. The van der Waals surface area contributed by atoms with Gasteiger partial charge in [0.15, 0.2) is 5.82 Å². The van der Waals surface area contributed by atoms with E-state index in [1.54, 1.807) is 13.3 Å². The molecule has 0 aliphatic heterocycles. The van der Waals surface area contributed by atoms with Crippen molar-refractivity contribution in [1.29, 1.82) is 0 Å². The number of benzene rings is 1. The van der Waals surface area contributed by atoms with Gasteiger partial charge in [-0.15, -0.1) is 0 Å². The van der Waals surface area contributed by atoms with E-state index in [1.807, 2.05) is 49.2 Å². The van der Waals surface area contributed by atoms with Crippen molar-refractivity contribution < 1.29 is 4.74 Å². The van der Waals surface area contributed by atoms with Crippen molar-refractivity contribution in [2.45, 2.75) is 13.5 Å². The molecule has 0 amide bonds.